The van der Waals surface area contributed by atoms with Gasteiger partial charge >= 0.3 is 0 Å². The van der Waals surface area contributed by atoms with Crippen LogP contribution in [0.25, 0.3) is 27.5 Å². The SMILES string of the molecule is COc1nc(NC2CCN(C(C)=O)C[C@]2(C)F)nn2ccc(-c3cc(F)c4ncccc4c3)c12. The number of amides is 1. The molecule has 0 spiro atoms. The molecule has 1 aliphatic heterocycles. The van der Waals surface area contributed by atoms with E-state index in [2.05, 4.69) is 20.4 Å². The number of ether oxygens (including phenoxy) is 1. The number of rotatable bonds is 4. The van der Waals surface area contributed by atoms with Gasteiger partial charge in [0.05, 0.1) is 19.7 Å². The summed E-state index contributed by atoms with van der Waals surface area (Å²) in [6, 6.07) is 8.05. The second kappa shape index (κ2) is 8.19. The van der Waals surface area contributed by atoms with Crippen molar-refractivity contribution in [3.05, 3.63) is 48.5 Å². The standard InChI is InChI=1S/C24H24F2N6O2/c1-14(33)31-9-7-19(24(2,26)13-31)28-23-29-22(34-3)21-17(6-10-32(21)30-23)16-11-15-5-4-8-27-20(15)18(25)12-16/h4-6,8,10-12,19H,7,9,13H2,1-3H3,(H,28,30)/t19?,24-/m0/s1. The Morgan fingerprint density at radius 1 is 1.32 bits per heavy atom. The van der Waals surface area contributed by atoms with Gasteiger partial charge in [0.25, 0.3) is 0 Å². The Labute approximate surface area is 194 Å². The summed E-state index contributed by atoms with van der Waals surface area (Å²) in [5.74, 6) is -0.108. The van der Waals surface area contributed by atoms with E-state index < -0.39 is 17.5 Å². The average molecular weight is 466 g/mol. The molecular weight excluding hydrogens is 442 g/mol. The number of fused-ring (bicyclic) bond motifs is 2. The maximum absolute atomic E-state index is 15.3. The van der Waals surface area contributed by atoms with Crippen LogP contribution < -0.4 is 10.1 Å². The molecule has 2 atom stereocenters. The van der Waals surface area contributed by atoms with Gasteiger partial charge in [-0.15, -0.1) is 5.10 Å². The lowest BCUT2D eigenvalue weighted by molar-refractivity contribution is -0.132. The van der Waals surface area contributed by atoms with Crippen LogP contribution in [-0.2, 0) is 4.79 Å². The molecule has 0 radical (unpaired) electrons. The number of alkyl halides is 1. The number of anilines is 1. The van der Waals surface area contributed by atoms with Crippen LogP contribution in [0.1, 0.15) is 20.3 Å². The lowest BCUT2D eigenvalue weighted by atomic mass is 9.91. The zero-order chi connectivity index (χ0) is 24.0. The quantitative estimate of drug-likeness (QED) is 0.492. The van der Waals surface area contributed by atoms with Crippen molar-refractivity contribution in [2.24, 2.45) is 0 Å². The zero-order valence-electron chi connectivity index (χ0n) is 19.0. The van der Waals surface area contributed by atoms with Crippen LogP contribution in [0.3, 0.4) is 0 Å². The number of methoxy groups -OCH3 is 1. The molecule has 176 valence electrons. The molecule has 10 heteroatoms. The molecule has 1 N–H and O–H groups in total. The minimum absolute atomic E-state index is 0.00453. The Kier molecular flexibility index (Phi) is 5.30. The van der Waals surface area contributed by atoms with Crippen LogP contribution in [0.2, 0.25) is 0 Å². The number of carbonyl (C=O) groups is 1. The van der Waals surface area contributed by atoms with Crippen molar-refractivity contribution in [1.29, 1.82) is 0 Å². The lowest BCUT2D eigenvalue weighted by Crippen LogP contribution is -2.56. The van der Waals surface area contributed by atoms with Crippen LogP contribution in [-0.4, -0.2) is 62.3 Å². The first kappa shape index (κ1) is 22.0. The van der Waals surface area contributed by atoms with Crippen molar-refractivity contribution in [1.82, 2.24) is 24.5 Å². The molecule has 3 aromatic heterocycles. The first-order valence-corrected chi connectivity index (χ1v) is 11.0. The highest BCUT2D eigenvalue weighted by molar-refractivity contribution is 5.91. The van der Waals surface area contributed by atoms with Crippen molar-refractivity contribution < 1.29 is 18.3 Å². The van der Waals surface area contributed by atoms with Crippen LogP contribution in [0, 0.1) is 5.82 Å². The van der Waals surface area contributed by atoms with Crippen molar-refractivity contribution in [3.8, 4) is 17.0 Å². The number of aromatic nitrogens is 4. The second-order valence-corrected chi connectivity index (χ2v) is 8.70. The van der Waals surface area contributed by atoms with Gasteiger partial charge in [0.1, 0.15) is 22.5 Å². The normalized spacial score (nSPS) is 20.6. The lowest BCUT2D eigenvalue weighted by Gasteiger charge is -2.41. The summed E-state index contributed by atoms with van der Waals surface area (Å²) in [5, 5.41) is 8.24. The minimum atomic E-state index is -1.66. The van der Waals surface area contributed by atoms with Gasteiger partial charge in [0.15, 0.2) is 0 Å². The Morgan fingerprint density at radius 3 is 2.88 bits per heavy atom. The number of nitrogens with zero attached hydrogens (tertiary/aromatic N) is 5. The predicted octanol–water partition coefficient (Wildman–Crippen LogP) is 3.85. The summed E-state index contributed by atoms with van der Waals surface area (Å²) in [5.41, 5.74) is 0.530. The van der Waals surface area contributed by atoms with Gasteiger partial charge in [-0.3, -0.25) is 9.78 Å². The van der Waals surface area contributed by atoms with E-state index in [1.807, 2.05) is 6.07 Å². The number of nitrogens with one attached hydrogen (secondary N) is 1. The summed E-state index contributed by atoms with van der Waals surface area (Å²) in [4.78, 5) is 21.7. The molecule has 0 aliphatic carbocycles. The number of likely N-dealkylation sites (tertiary alicyclic amines) is 1. The van der Waals surface area contributed by atoms with E-state index in [-0.39, 0.29) is 24.3 Å². The first-order valence-electron chi connectivity index (χ1n) is 11.0. The fraction of sp³-hybridized carbons (Fsp3) is 0.333. The fourth-order valence-electron chi connectivity index (χ4n) is 4.53. The van der Waals surface area contributed by atoms with E-state index in [0.29, 0.717) is 40.5 Å². The number of carbonyl (C=O) groups excluding carboxylic acids is 1. The summed E-state index contributed by atoms with van der Waals surface area (Å²) in [6.45, 7) is 3.34. The molecule has 1 aromatic carbocycles. The molecule has 1 unspecified atom stereocenters. The topological polar surface area (TPSA) is 84.6 Å². The van der Waals surface area contributed by atoms with Crippen molar-refractivity contribution in [3.63, 3.8) is 0 Å². The number of hydrogen-bond donors (Lipinski definition) is 1. The van der Waals surface area contributed by atoms with Gasteiger partial charge in [-0.05, 0) is 43.2 Å². The smallest absolute Gasteiger partial charge is 0.244 e. The number of halogens is 2. The fourth-order valence-corrected chi connectivity index (χ4v) is 4.53. The molecule has 4 aromatic rings. The highest BCUT2D eigenvalue weighted by atomic mass is 19.1. The van der Waals surface area contributed by atoms with Crippen LogP contribution in [0.15, 0.2) is 42.7 Å². The Hall–Kier alpha value is -3.82. The molecule has 5 rings (SSSR count). The molecule has 1 aliphatic rings. The van der Waals surface area contributed by atoms with Crippen LogP contribution in [0.4, 0.5) is 14.7 Å². The van der Waals surface area contributed by atoms with Gasteiger partial charge in [-0.1, -0.05) is 6.07 Å². The van der Waals surface area contributed by atoms with Gasteiger partial charge in [-0.2, -0.15) is 4.98 Å². The molecule has 1 fully saturated rings. The molecule has 34 heavy (non-hydrogen) atoms. The number of hydrogen-bond acceptors (Lipinski definition) is 6. The molecule has 8 nitrogen and oxygen atoms in total. The summed E-state index contributed by atoms with van der Waals surface area (Å²) < 4.78 is 37.1. The Morgan fingerprint density at radius 2 is 2.15 bits per heavy atom. The minimum Gasteiger partial charge on any atom is -0.479 e. The van der Waals surface area contributed by atoms with E-state index in [1.54, 1.807) is 35.1 Å². The highest BCUT2D eigenvalue weighted by Gasteiger charge is 2.41. The highest BCUT2D eigenvalue weighted by Crippen LogP contribution is 2.34. The Bertz CT molecular complexity index is 1400. The van der Waals surface area contributed by atoms with Gasteiger partial charge < -0.3 is 15.0 Å². The van der Waals surface area contributed by atoms with E-state index in [4.69, 9.17) is 4.74 Å². The van der Waals surface area contributed by atoms with Crippen molar-refractivity contribution >= 4 is 28.3 Å². The zero-order valence-corrected chi connectivity index (χ0v) is 19.0. The van der Waals surface area contributed by atoms with E-state index >= 15 is 4.39 Å². The van der Waals surface area contributed by atoms with Crippen LogP contribution >= 0.6 is 0 Å². The maximum Gasteiger partial charge on any atom is 0.244 e. The van der Waals surface area contributed by atoms with Gasteiger partial charge in [0, 0.05) is 36.8 Å². The molecule has 1 amide bonds. The monoisotopic (exact) mass is 466 g/mol. The Balaban J connectivity index is 1.51. The van der Waals surface area contributed by atoms with E-state index in [0.717, 1.165) is 0 Å². The average Bonchev–Trinajstić information content (AvgIpc) is 3.23. The molecule has 0 bridgehead atoms. The largest absolute Gasteiger partial charge is 0.479 e. The number of benzene rings is 1. The van der Waals surface area contributed by atoms with Crippen molar-refractivity contribution in [2.75, 3.05) is 25.5 Å². The van der Waals surface area contributed by atoms with Crippen molar-refractivity contribution in [2.45, 2.75) is 32.0 Å². The van der Waals surface area contributed by atoms with E-state index in [9.17, 15) is 9.18 Å². The van der Waals surface area contributed by atoms with E-state index in [1.165, 1.54) is 31.9 Å². The van der Waals surface area contributed by atoms with Crippen LogP contribution in [0.5, 0.6) is 5.88 Å². The van der Waals surface area contributed by atoms with Gasteiger partial charge in [0.2, 0.25) is 17.7 Å². The predicted molar refractivity (Wildman–Crippen MR) is 124 cm³/mol. The maximum atomic E-state index is 15.3. The summed E-state index contributed by atoms with van der Waals surface area (Å²) >= 11 is 0. The summed E-state index contributed by atoms with van der Waals surface area (Å²) in [6.07, 6.45) is 3.69. The molecule has 0 saturated carbocycles. The molecule has 1 saturated heterocycles. The number of pyridine rings is 1. The number of piperidine rings is 1. The summed E-state index contributed by atoms with van der Waals surface area (Å²) in [7, 11) is 1.48. The first-order chi connectivity index (χ1) is 16.3. The van der Waals surface area contributed by atoms with Gasteiger partial charge in [-0.25, -0.2) is 13.3 Å². The third kappa shape index (κ3) is 3.78. The molecular formula is C24H24F2N6O2. The second-order valence-electron chi connectivity index (χ2n) is 8.70. The third-order valence-electron chi connectivity index (χ3n) is 6.30. The molecule has 4 heterocycles. The third-order valence-corrected chi connectivity index (χ3v) is 6.30.